The third-order valence-electron chi connectivity index (χ3n) is 3.55. The van der Waals surface area contributed by atoms with Gasteiger partial charge in [0.15, 0.2) is 0 Å². The van der Waals surface area contributed by atoms with Crippen molar-refractivity contribution in [1.29, 1.82) is 0 Å². The molecule has 1 aromatic rings. The van der Waals surface area contributed by atoms with E-state index in [1.54, 1.807) is 25.1 Å². The zero-order valence-electron chi connectivity index (χ0n) is 11.2. The van der Waals surface area contributed by atoms with Crippen molar-refractivity contribution in [3.05, 3.63) is 28.2 Å². The van der Waals surface area contributed by atoms with E-state index < -0.39 is 21.8 Å². The van der Waals surface area contributed by atoms with Crippen molar-refractivity contribution < 1.29 is 13.2 Å². The van der Waals surface area contributed by atoms with Crippen molar-refractivity contribution in [2.45, 2.75) is 24.7 Å². The fourth-order valence-corrected chi connectivity index (χ4v) is 4.67. The number of carbonyl (C=O) groups excluding carboxylic acids is 1. The summed E-state index contributed by atoms with van der Waals surface area (Å²) in [7, 11) is -3.59. The van der Waals surface area contributed by atoms with Gasteiger partial charge in [0.2, 0.25) is 15.9 Å². The van der Waals surface area contributed by atoms with E-state index in [9.17, 15) is 13.2 Å². The molecule has 20 heavy (non-hydrogen) atoms. The highest BCUT2D eigenvalue weighted by molar-refractivity contribution is 9.10. The zero-order chi connectivity index (χ0) is 14.9. The standard InChI is InChI=1S/C13H17BrN2O3S/c1-9-4-5-11(14)7-12(9)20(18,19)16-6-2-3-10(8-16)13(15)17/h4-5,7,10H,2-3,6,8H2,1H3,(H2,15,17)/t10-/m0/s1. The van der Waals surface area contributed by atoms with Crippen LogP contribution in [0, 0.1) is 12.8 Å². The quantitative estimate of drug-likeness (QED) is 0.889. The Balaban J connectivity index is 2.35. The number of amides is 1. The molecule has 0 bridgehead atoms. The third kappa shape index (κ3) is 3.05. The van der Waals surface area contributed by atoms with E-state index in [0.717, 1.165) is 0 Å². The van der Waals surface area contributed by atoms with Gasteiger partial charge >= 0.3 is 0 Å². The second-order valence-corrected chi connectivity index (χ2v) is 7.84. The van der Waals surface area contributed by atoms with Gasteiger partial charge in [0, 0.05) is 17.6 Å². The summed E-state index contributed by atoms with van der Waals surface area (Å²) in [6, 6.07) is 5.15. The van der Waals surface area contributed by atoms with Crippen LogP contribution in [0.4, 0.5) is 0 Å². The normalized spacial score (nSPS) is 20.8. The van der Waals surface area contributed by atoms with Crippen molar-refractivity contribution in [3.8, 4) is 0 Å². The number of aryl methyl sites for hydroxylation is 1. The molecule has 2 rings (SSSR count). The van der Waals surface area contributed by atoms with Crippen molar-refractivity contribution in [2.75, 3.05) is 13.1 Å². The fraction of sp³-hybridized carbons (Fsp3) is 0.462. The minimum atomic E-state index is -3.59. The van der Waals surface area contributed by atoms with Gasteiger partial charge in [-0.25, -0.2) is 8.42 Å². The Labute approximate surface area is 127 Å². The summed E-state index contributed by atoms with van der Waals surface area (Å²) in [6.45, 7) is 2.36. The first-order valence-electron chi connectivity index (χ1n) is 6.38. The summed E-state index contributed by atoms with van der Waals surface area (Å²) in [5.41, 5.74) is 5.99. The maximum atomic E-state index is 12.7. The van der Waals surface area contributed by atoms with E-state index in [4.69, 9.17) is 5.73 Å². The van der Waals surface area contributed by atoms with Gasteiger partial charge in [-0.3, -0.25) is 4.79 Å². The van der Waals surface area contributed by atoms with Crippen molar-refractivity contribution in [1.82, 2.24) is 4.31 Å². The van der Waals surface area contributed by atoms with E-state index in [1.807, 2.05) is 0 Å². The molecule has 1 amide bonds. The van der Waals surface area contributed by atoms with Crippen LogP contribution in [0.3, 0.4) is 0 Å². The molecule has 0 unspecified atom stereocenters. The Kier molecular flexibility index (Phi) is 4.51. The molecule has 110 valence electrons. The lowest BCUT2D eigenvalue weighted by molar-refractivity contribution is -0.122. The molecule has 1 atom stereocenters. The van der Waals surface area contributed by atoms with E-state index in [2.05, 4.69) is 15.9 Å². The molecule has 1 aromatic carbocycles. The molecule has 5 nitrogen and oxygen atoms in total. The summed E-state index contributed by atoms with van der Waals surface area (Å²) in [6.07, 6.45) is 1.30. The predicted octanol–water partition coefficient (Wildman–Crippen LogP) is 1.64. The lowest BCUT2D eigenvalue weighted by Crippen LogP contribution is -2.44. The molecule has 0 radical (unpaired) electrons. The lowest BCUT2D eigenvalue weighted by atomic mass is 9.99. The number of nitrogens with two attached hydrogens (primary N) is 1. The molecular formula is C13H17BrN2O3S. The molecule has 2 N–H and O–H groups in total. The van der Waals surface area contributed by atoms with Crippen LogP contribution in [0.2, 0.25) is 0 Å². The van der Waals surface area contributed by atoms with Crippen LogP contribution in [0.15, 0.2) is 27.6 Å². The summed E-state index contributed by atoms with van der Waals surface area (Å²) in [5.74, 6) is -0.832. The maximum absolute atomic E-state index is 12.7. The Morgan fingerprint density at radius 1 is 1.45 bits per heavy atom. The van der Waals surface area contributed by atoms with E-state index in [-0.39, 0.29) is 11.4 Å². The van der Waals surface area contributed by atoms with Crippen LogP contribution in [0.1, 0.15) is 18.4 Å². The first-order chi connectivity index (χ1) is 9.32. The van der Waals surface area contributed by atoms with E-state index in [0.29, 0.717) is 29.4 Å². The van der Waals surface area contributed by atoms with Gasteiger partial charge in [0.1, 0.15) is 0 Å². The summed E-state index contributed by atoms with van der Waals surface area (Å²) >= 11 is 3.29. The molecule has 1 saturated heterocycles. The minimum absolute atomic E-state index is 0.170. The van der Waals surface area contributed by atoms with E-state index >= 15 is 0 Å². The molecular weight excluding hydrogens is 344 g/mol. The predicted molar refractivity (Wildman–Crippen MR) is 79.6 cm³/mol. The van der Waals surface area contributed by atoms with Crippen LogP contribution in [-0.4, -0.2) is 31.7 Å². The smallest absolute Gasteiger partial charge is 0.243 e. The van der Waals surface area contributed by atoms with Crippen LogP contribution >= 0.6 is 15.9 Å². The number of halogens is 1. The largest absolute Gasteiger partial charge is 0.369 e. The van der Waals surface area contributed by atoms with Gasteiger partial charge < -0.3 is 5.73 Å². The Morgan fingerprint density at radius 3 is 2.80 bits per heavy atom. The molecule has 7 heteroatoms. The highest BCUT2D eigenvalue weighted by Crippen LogP contribution is 2.27. The molecule has 0 spiro atoms. The number of hydrogen-bond donors (Lipinski definition) is 1. The van der Waals surface area contributed by atoms with Crippen molar-refractivity contribution in [2.24, 2.45) is 11.7 Å². The maximum Gasteiger partial charge on any atom is 0.243 e. The van der Waals surface area contributed by atoms with Crippen LogP contribution in [-0.2, 0) is 14.8 Å². The van der Waals surface area contributed by atoms with E-state index in [1.165, 1.54) is 4.31 Å². The average Bonchev–Trinajstić information content (AvgIpc) is 2.41. The highest BCUT2D eigenvalue weighted by Gasteiger charge is 2.33. The number of primary amides is 1. The van der Waals surface area contributed by atoms with Gasteiger partial charge in [-0.2, -0.15) is 4.31 Å². The number of hydrogen-bond acceptors (Lipinski definition) is 3. The second-order valence-electron chi connectivity index (χ2n) is 5.01. The minimum Gasteiger partial charge on any atom is -0.369 e. The number of sulfonamides is 1. The van der Waals surface area contributed by atoms with Crippen molar-refractivity contribution in [3.63, 3.8) is 0 Å². The number of rotatable bonds is 3. The van der Waals surface area contributed by atoms with Gasteiger partial charge in [-0.05, 0) is 37.5 Å². The number of carbonyl (C=O) groups is 1. The Morgan fingerprint density at radius 2 is 2.15 bits per heavy atom. The number of benzene rings is 1. The van der Waals surface area contributed by atoms with Crippen LogP contribution < -0.4 is 5.73 Å². The van der Waals surface area contributed by atoms with Crippen LogP contribution in [0.25, 0.3) is 0 Å². The highest BCUT2D eigenvalue weighted by atomic mass is 79.9. The SMILES string of the molecule is Cc1ccc(Br)cc1S(=O)(=O)N1CCC[C@H](C(N)=O)C1. The topological polar surface area (TPSA) is 80.5 Å². The molecule has 0 aromatic heterocycles. The average molecular weight is 361 g/mol. The zero-order valence-corrected chi connectivity index (χ0v) is 13.6. The lowest BCUT2D eigenvalue weighted by Gasteiger charge is -2.30. The van der Waals surface area contributed by atoms with Gasteiger partial charge in [-0.1, -0.05) is 22.0 Å². The van der Waals surface area contributed by atoms with Crippen LogP contribution in [0.5, 0.6) is 0 Å². The van der Waals surface area contributed by atoms with Crippen molar-refractivity contribution >= 4 is 31.9 Å². The second kappa shape index (κ2) is 5.83. The summed E-state index contributed by atoms with van der Waals surface area (Å²) < 4.78 is 27.4. The van der Waals surface area contributed by atoms with Gasteiger partial charge in [0.05, 0.1) is 10.8 Å². The molecule has 1 aliphatic rings. The molecule has 0 saturated carbocycles. The molecule has 1 heterocycles. The number of piperidine rings is 1. The molecule has 0 aliphatic carbocycles. The first kappa shape index (κ1) is 15.5. The molecule has 1 aliphatic heterocycles. The summed E-state index contributed by atoms with van der Waals surface area (Å²) in [4.78, 5) is 11.6. The first-order valence-corrected chi connectivity index (χ1v) is 8.61. The van der Waals surface area contributed by atoms with Gasteiger partial charge in [-0.15, -0.1) is 0 Å². The third-order valence-corrected chi connectivity index (χ3v) is 6.05. The monoisotopic (exact) mass is 360 g/mol. The fourth-order valence-electron chi connectivity index (χ4n) is 2.38. The number of nitrogens with zero attached hydrogens (tertiary/aromatic N) is 1. The van der Waals surface area contributed by atoms with Gasteiger partial charge in [0.25, 0.3) is 0 Å². The summed E-state index contributed by atoms with van der Waals surface area (Å²) in [5, 5.41) is 0. The Bertz CT molecular complexity index is 631. The molecule has 1 fully saturated rings. The Hall–Kier alpha value is -0.920.